The van der Waals surface area contributed by atoms with E-state index in [1.807, 2.05) is 0 Å². The van der Waals surface area contributed by atoms with E-state index in [0.29, 0.717) is 6.42 Å². The number of rotatable bonds is 41. The summed E-state index contributed by atoms with van der Waals surface area (Å²) in [5.74, 6) is -0.788. The number of ether oxygens (including phenoxy) is 4. The molecule has 0 saturated carbocycles. The number of carbonyl (C=O) groups excluding carboxylic acids is 2. The molecule has 6 atom stereocenters. The van der Waals surface area contributed by atoms with Crippen LogP contribution in [-0.4, -0.2) is 89.0 Å². The van der Waals surface area contributed by atoms with E-state index in [1.54, 1.807) is 0 Å². The highest BCUT2D eigenvalue weighted by Crippen LogP contribution is 2.23. The Hall–Kier alpha value is -1.30. The van der Waals surface area contributed by atoms with Crippen LogP contribution in [-0.2, 0) is 28.5 Å². The maximum Gasteiger partial charge on any atom is 0.306 e. The van der Waals surface area contributed by atoms with Crippen LogP contribution in [0.1, 0.15) is 232 Å². The Morgan fingerprint density at radius 3 is 1.19 bits per heavy atom. The van der Waals surface area contributed by atoms with Crippen molar-refractivity contribution in [3.8, 4) is 0 Å². The van der Waals surface area contributed by atoms with E-state index in [4.69, 9.17) is 18.9 Å². The minimum atomic E-state index is -1.59. The summed E-state index contributed by atoms with van der Waals surface area (Å²) in [5, 5.41) is 40.1. The van der Waals surface area contributed by atoms with E-state index >= 15 is 0 Å². The Balaban J connectivity index is 2.27. The van der Waals surface area contributed by atoms with Gasteiger partial charge in [0.05, 0.1) is 13.2 Å². The van der Waals surface area contributed by atoms with Gasteiger partial charge < -0.3 is 39.4 Å². The van der Waals surface area contributed by atoms with Crippen molar-refractivity contribution in [3.05, 3.63) is 0 Å². The Bertz CT molecular complexity index is 901. The van der Waals surface area contributed by atoms with Gasteiger partial charge in [0, 0.05) is 12.8 Å². The number of carbonyl (C=O) groups is 2. The first-order chi connectivity index (χ1) is 27.8. The summed E-state index contributed by atoms with van der Waals surface area (Å²) in [6.45, 7) is 3.47. The molecule has 57 heavy (non-hydrogen) atoms. The predicted molar refractivity (Wildman–Crippen MR) is 229 cm³/mol. The molecule has 0 aromatic heterocycles. The van der Waals surface area contributed by atoms with Crippen molar-refractivity contribution < 1.29 is 49.0 Å². The summed E-state index contributed by atoms with van der Waals surface area (Å²) in [4.78, 5) is 25.4. The highest BCUT2D eigenvalue weighted by atomic mass is 16.7. The van der Waals surface area contributed by atoms with Crippen molar-refractivity contribution in [1.29, 1.82) is 0 Å². The first-order valence-electron chi connectivity index (χ1n) is 24.1. The molecule has 10 heteroatoms. The van der Waals surface area contributed by atoms with Crippen molar-refractivity contribution in [2.24, 2.45) is 0 Å². The van der Waals surface area contributed by atoms with E-state index < -0.39 is 49.4 Å². The molecule has 338 valence electrons. The van der Waals surface area contributed by atoms with Crippen LogP contribution in [0.5, 0.6) is 0 Å². The van der Waals surface area contributed by atoms with Crippen LogP contribution in [0.4, 0.5) is 0 Å². The third-order valence-electron chi connectivity index (χ3n) is 11.5. The Labute approximate surface area is 348 Å². The molecule has 0 amide bonds. The number of aliphatic hydroxyl groups excluding tert-OH is 4. The molecule has 1 saturated heterocycles. The largest absolute Gasteiger partial charge is 0.462 e. The van der Waals surface area contributed by atoms with Gasteiger partial charge in [0.1, 0.15) is 31.0 Å². The van der Waals surface area contributed by atoms with Gasteiger partial charge in [0.25, 0.3) is 0 Å². The molecule has 1 fully saturated rings. The molecule has 0 spiro atoms. The molecule has 1 rings (SSSR count). The zero-order valence-corrected chi connectivity index (χ0v) is 36.9. The van der Waals surface area contributed by atoms with Crippen molar-refractivity contribution >= 4 is 11.9 Å². The van der Waals surface area contributed by atoms with Gasteiger partial charge in [-0.25, -0.2) is 0 Å². The summed E-state index contributed by atoms with van der Waals surface area (Å²) in [7, 11) is 0. The van der Waals surface area contributed by atoms with E-state index in [1.165, 1.54) is 161 Å². The average Bonchev–Trinajstić information content (AvgIpc) is 3.21. The van der Waals surface area contributed by atoms with E-state index in [9.17, 15) is 30.0 Å². The third kappa shape index (κ3) is 30.4. The SMILES string of the molecule is CCCCCCCCCCCCCCCCCCCC(=O)OC[C@@H](CO[C@H]1O[C@@H](CO)[C@@H](O)C(O)C1O)OC(=O)CCCCCCCCCCCCCCCCC. The zero-order valence-electron chi connectivity index (χ0n) is 36.9. The Morgan fingerprint density at radius 1 is 0.474 bits per heavy atom. The molecule has 1 aliphatic heterocycles. The second-order valence-corrected chi connectivity index (χ2v) is 16.9. The molecule has 2 unspecified atom stereocenters. The van der Waals surface area contributed by atoms with Gasteiger partial charge in [-0.05, 0) is 12.8 Å². The molecule has 0 aromatic carbocycles. The van der Waals surface area contributed by atoms with E-state index in [-0.39, 0.29) is 32.0 Å². The maximum atomic E-state index is 12.8. The van der Waals surface area contributed by atoms with Crippen LogP contribution in [0.3, 0.4) is 0 Å². The fraction of sp³-hybridized carbons (Fsp3) is 0.957. The number of hydrogen-bond acceptors (Lipinski definition) is 10. The fourth-order valence-electron chi connectivity index (χ4n) is 7.66. The van der Waals surface area contributed by atoms with Gasteiger partial charge in [-0.3, -0.25) is 9.59 Å². The topological polar surface area (TPSA) is 152 Å². The molecule has 4 N–H and O–H groups in total. The van der Waals surface area contributed by atoms with Crippen molar-refractivity contribution in [3.63, 3.8) is 0 Å². The molecule has 0 radical (unpaired) electrons. The zero-order chi connectivity index (χ0) is 41.6. The van der Waals surface area contributed by atoms with Crippen molar-refractivity contribution in [2.75, 3.05) is 19.8 Å². The standard InChI is InChI=1S/C47H90O10/c1-3-5-7-9-11-13-15-17-19-20-22-23-25-27-29-31-33-35-42(49)54-38-40(39-55-47-46(53)45(52)44(51)41(37-48)57-47)56-43(50)36-34-32-30-28-26-24-21-18-16-14-12-10-8-6-4-2/h40-41,44-48,51-53H,3-39H2,1-2H3/t40-,41-,44+,45?,46?,47-/m0/s1. The Kier molecular flexibility index (Phi) is 36.6. The van der Waals surface area contributed by atoms with Crippen LogP contribution < -0.4 is 0 Å². The number of aliphatic hydroxyl groups is 4. The molecule has 1 heterocycles. The average molecular weight is 815 g/mol. The summed E-state index contributed by atoms with van der Waals surface area (Å²) in [6, 6.07) is 0. The minimum Gasteiger partial charge on any atom is -0.462 e. The smallest absolute Gasteiger partial charge is 0.306 e. The van der Waals surface area contributed by atoms with Crippen LogP contribution in [0, 0.1) is 0 Å². The van der Waals surface area contributed by atoms with Gasteiger partial charge in [-0.1, -0.05) is 206 Å². The van der Waals surface area contributed by atoms with Gasteiger partial charge >= 0.3 is 11.9 Å². The van der Waals surface area contributed by atoms with E-state index in [2.05, 4.69) is 13.8 Å². The lowest BCUT2D eigenvalue weighted by molar-refractivity contribution is -0.305. The lowest BCUT2D eigenvalue weighted by Crippen LogP contribution is -2.59. The summed E-state index contributed by atoms with van der Waals surface area (Å²) < 4.78 is 22.2. The Morgan fingerprint density at radius 2 is 0.825 bits per heavy atom. The van der Waals surface area contributed by atoms with Gasteiger partial charge in [0.2, 0.25) is 0 Å². The first-order valence-corrected chi connectivity index (χ1v) is 24.1. The second-order valence-electron chi connectivity index (χ2n) is 16.9. The molecular formula is C47H90O10. The summed E-state index contributed by atoms with van der Waals surface area (Å²) in [5.41, 5.74) is 0. The lowest BCUT2D eigenvalue weighted by atomic mass is 9.99. The number of esters is 2. The van der Waals surface area contributed by atoms with Crippen molar-refractivity contribution in [1.82, 2.24) is 0 Å². The lowest BCUT2D eigenvalue weighted by Gasteiger charge is -2.39. The highest BCUT2D eigenvalue weighted by molar-refractivity contribution is 5.70. The van der Waals surface area contributed by atoms with Gasteiger partial charge in [-0.15, -0.1) is 0 Å². The first kappa shape index (κ1) is 53.7. The van der Waals surface area contributed by atoms with Crippen LogP contribution >= 0.6 is 0 Å². The van der Waals surface area contributed by atoms with Crippen LogP contribution in [0.15, 0.2) is 0 Å². The van der Waals surface area contributed by atoms with Crippen LogP contribution in [0.2, 0.25) is 0 Å². The monoisotopic (exact) mass is 815 g/mol. The normalized spacial score (nSPS) is 20.1. The van der Waals surface area contributed by atoms with E-state index in [0.717, 1.165) is 38.5 Å². The molecular weight excluding hydrogens is 725 g/mol. The molecule has 10 nitrogen and oxygen atoms in total. The predicted octanol–water partition coefficient (Wildman–Crippen LogP) is 10.6. The molecule has 0 aromatic rings. The summed E-state index contributed by atoms with van der Waals surface area (Å²) in [6.07, 6.45) is 32.5. The molecule has 0 bridgehead atoms. The van der Waals surface area contributed by atoms with Crippen LogP contribution in [0.25, 0.3) is 0 Å². The second kappa shape index (κ2) is 38.9. The fourth-order valence-corrected chi connectivity index (χ4v) is 7.66. The third-order valence-corrected chi connectivity index (χ3v) is 11.5. The maximum absolute atomic E-state index is 12.8. The highest BCUT2D eigenvalue weighted by Gasteiger charge is 2.44. The molecule has 1 aliphatic rings. The number of hydrogen-bond donors (Lipinski definition) is 4. The summed E-state index contributed by atoms with van der Waals surface area (Å²) >= 11 is 0. The minimum absolute atomic E-state index is 0.209. The molecule has 0 aliphatic carbocycles. The van der Waals surface area contributed by atoms with Gasteiger partial charge in [0.15, 0.2) is 12.4 Å². The quantitative estimate of drug-likeness (QED) is 0.0347. The van der Waals surface area contributed by atoms with Gasteiger partial charge in [-0.2, -0.15) is 0 Å². The number of unbranched alkanes of at least 4 members (excludes halogenated alkanes) is 30. The van der Waals surface area contributed by atoms with Crippen molar-refractivity contribution in [2.45, 2.75) is 269 Å².